The van der Waals surface area contributed by atoms with Gasteiger partial charge in [-0.2, -0.15) is 0 Å². The second kappa shape index (κ2) is 4.85. The van der Waals surface area contributed by atoms with E-state index in [1.165, 1.54) is 6.42 Å². The Balaban J connectivity index is 2.09. The summed E-state index contributed by atoms with van der Waals surface area (Å²) in [6.07, 6.45) is 5.87. The molecule has 2 saturated heterocycles. The molecule has 0 spiro atoms. The fraction of sp³-hybridized carbons (Fsp3) is 0.833. The second-order valence-electron chi connectivity index (χ2n) is 4.90. The lowest BCUT2D eigenvalue weighted by Crippen LogP contribution is -2.48. The first-order valence-electron chi connectivity index (χ1n) is 6.20. The number of carboxylic acid groups (broad SMARTS) is 1. The molecule has 0 aromatic carbocycles. The molecule has 2 aliphatic rings. The van der Waals surface area contributed by atoms with Crippen molar-refractivity contribution < 1.29 is 14.7 Å². The van der Waals surface area contributed by atoms with Crippen molar-refractivity contribution in [2.45, 2.75) is 51.0 Å². The summed E-state index contributed by atoms with van der Waals surface area (Å²) in [5, 5.41) is 8.89. The predicted octanol–water partition coefficient (Wildman–Crippen LogP) is 1.64. The molecule has 90 valence electrons. The number of carboxylic acids is 1. The quantitative estimate of drug-likeness (QED) is 0.777. The SMILES string of the molecule is O=C(O)CC1CCC(=O)N2CCCCCC12. The van der Waals surface area contributed by atoms with Gasteiger partial charge in [0, 0.05) is 19.0 Å². The van der Waals surface area contributed by atoms with Crippen LogP contribution in [0.2, 0.25) is 0 Å². The Labute approximate surface area is 95.6 Å². The average molecular weight is 225 g/mol. The first kappa shape index (κ1) is 11.4. The number of hydrogen-bond donors (Lipinski definition) is 1. The summed E-state index contributed by atoms with van der Waals surface area (Å²) in [4.78, 5) is 24.5. The third kappa shape index (κ3) is 2.36. The Kier molecular flexibility index (Phi) is 3.46. The molecule has 0 saturated carbocycles. The number of piperidine rings is 1. The molecule has 1 N–H and O–H groups in total. The predicted molar refractivity (Wildman–Crippen MR) is 58.9 cm³/mol. The zero-order chi connectivity index (χ0) is 11.5. The van der Waals surface area contributed by atoms with E-state index in [0.29, 0.717) is 6.42 Å². The fourth-order valence-corrected chi connectivity index (χ4v) is 3.04. The number of nitrogens with zero attached hydrogens (tertiary/aromatic N) is 1. The third-order valence-corrected chi connectivity index (χ3v) is 3.83. The van der Waals surface area contributed by atoms with Crippen LogP contribution in [0.15, 0.2) is 0 Å². The minimum Gasteiger partial charge on any atom is -0.481 e. The van der Waals surface area contributed by atoms with Crippen LogP contribution >= 0.6 is 0 Å². The van der Waals surface area contributed by atoms with Gasteiger partial charge in [0.15, 0.2) is 0 Å². The highest BCUT2D eigenvalue weighted by Crippen LogP contribution is 2.32. The highest BCUT2D eigenvalue weighted by molar-refractivity contribution is 5.78. The smallest absolute Gasteiger partial charge is 0.303 e. The van der Waals surface area contributed by atoms with Gasteiger partial charge in [-0.25, -0.2) is 0 Å². The van der Waals surface area contributed by atoms with E-state index in [-0.39, 0.29) is 24.3 Å². The van der Waals surface area contributed by atoms with Gasteiger partial charge in [-0.15, -0.1) is 0 Å². The van der Waals surface area contributed by atoms with Crippen molar-refractivity contribution in [3.05, 3.63) is 0 Å². The van der Waals surface area contributed by atoms with E-state index in [1.807, 2.05) is 4.90 Å². The van der Waals surface area contributed by atoms with Crippen LogP contribution in [0.3, 0.4) is 0 Å². The minimum atomic E-state index is -0.733. The maximum atomic E-state index is 11.8. The van der Waals surface area contributed by atoms with E-state index in [0.717, 1.165) is 32.2 Å². The van der Waals surface area contributed by atoms with E-state index in [9.17, 15) is 9.59 Å². The number of amides is 1. The van der Waals surface area contributed by atoms with Gasteiger partial charge in [0.1, 0.15) is 0 Å². The maximum absolute atomic E-state index is 11.8. The van der Waals surface area contributed by atoms with Crippen LogP contribution < -0.4 is 0 Å². The summed E-state index contributed by atoms with van der Waals surface area (Å²) in [5.74, 6) is -0.328. The zero-order valence-corrected chi connectivity index (χ0v) is 9.52. The first-order chi connectivity index (χ1) is 7.68. The van der Waals surface area contributed by atoms with Gasteiger partial charge < -0.3 is 10.0 Å². The lowest BCUT2D eigenvalue weighted by molar-refractivity contribution is -0.145. The van der Waals surface area contributed by atoms with E-state index < -0.39 is 5.97 Å². The van der Waals surface area contributed by atoms with Crippen molar-refractivity contribution in [3.63, 3.8) is 0 Å². The van der Waals surface area contributed by atoms with Gasteiger partial charge in [-0.3, -0.25) is 9.59 Å². The van der Waals surface area contributed by atoms with Crippen molar-refractivity contribution in [3.8, 4) is 0 Å². The molecular formula is C12H19NO3. The Morgan fingerprint density at radius 1 is 1.31 bits per heavy atom. The Morgan fingerprint density at radius 2 is 2.12 bits per heavy atom. The van der Waals surface area contributed by atoms with Crippen LogP contribution in [-0.2, 0) is 9.59 Å². The number of aliphatic carboxylic acids is 1. The van der Waals surface area contributed by atoms with Crippen molar-refractivity contribution in [2.24, 2.45) is 5.92 Å². The summed E-state index contributed by atoms with van der Waals surface area (Å²) >= 11 is 0. The first-order valence-corrected chi connectivity index (χ1v) is 6.20. The highest BCUT2D eigenvalue weighted by Gasteiger charge is 2.36. The number of carbonyl (C=O) groups is 2. The number of fused-ring (bicyclic) bond motifs is 1. The van der Waals surface area contributed by atoms with Crippen LogP contribution in [0, 0.1) is 5.92 Å². The van der Waals surface area contributed by atoms with Crippen molar-refractivity contribution in [1.82, 2.24) is 4.90 Å². The molecular weight excluding hydrogens is 206 g/mol. The number of rotatable bonds is 2. The molecule has 0 aromatic heterocycles. The molecule has 4 heteroatoms. The molecule has 2 atom stereocenters. The molecule has 0 bridgehead atoms. The van der Waals surface area contributed by atoms with Gasteiger partial charge in [0.2, 0.25) is 5.91 Å². The Hall–Kier alpha value is -1.06. The van der Waals surface area contributed by atoms with Crippen LogP contribution in [0.25, 0.3) is 0 Å². The molecule has 2 heterocycles. The molecule has 16 heavy (non-hydrogen) atoms. The summed E-state index contributed by atoms with van der Waals surface area (Å²) in [6.45, 7) is 0.833. The minimum absolute atomic E-state index is 0.174. The van der Waals surface area contributed by atoms with Gasteiger partial charge in [0.25, 0.3) is 0 Å². The van der Waals surface area contributed by atoms with Crippen LogP contribution in [0.5, 0.6) is 0 Å². The van der Waals surface area contributed by atoms with Gasteiger partial charge in [-0.1, -0.05) is 12.8 Å². The molecule has 0 aromatic rings. The molecule has 0 aliphatic carbocycles. The zero-order valence-electron chi connectivity index (χ0n) is 9.52. The molecule has 2 fully saturated rings. The average Bonchev–Trinajstić information content (AvgIpc) is 2.47. The summed E-state index contributed by atoms with van der Waals surface area (Å²) in [7, 11) is 0. The van der Waals surface area contributed by atoms with Crippen LogP contribution in [0.4, 0.5) is 0 Å². The topological polar surface area (TPSA) is 57.6 Å². The van der Waals surface area contributed by atoms with Crippen molar-refractivity contribution in [2.75, 3.05) is 6.54 Å². The highest BCUT2D eigenvalue weighted by atomic mass is 16.4. The third-order valence-electron chi connectivity index (χ3n) is 3.83. The van der Waals surface area contributed by atoms with Gasteiger partial charge in [0.05, 0.1) is 6.42 Å². The van der Waals surface area contributed by atoms with Crippen LogP contribution in [0.1, 0.15) is 44.9 Å². The van der Waals surface area contributed by atoms with Crippen molar-refractivity contribution >= 4 is 11.9 Å². The molecule has 4 nitrogen and oxygen atoms in total. The van der Waals surface area contributed by atoms with E-state index in [4.69, 9.17) is 5.11 Å². The molecule has 2 unspecified atom stereocenters. The van der Waals surface area contributed by atoms with Crippen LogP contribution in [-0.4, -0.2) is 34.5 Å². The molecule has 2 aliphatic heterocycles. The maximum Gasteiger partial charge on any atom is 0.303 e. The summed E-state index contributed by atoms with van der Waals surface area (Å²) in [6, 6.07) is 0.194. The lowest BCUT2D eigenvalue weighted by atomic mass is 9.84. The standard InChI is InChI=1S/C12H19NO3/c14-11-6-5-9(8-12(15)16)10-4-2-1-3-7-13(10)11/h9-10H,1-8H2,(H,15,16). The second-order valence-corrected chi connectivity index (χ2v) is 4.90. The van der Waals surface area contributed by atoms with Gasteiger partial charge >= 0.3 is 5.97 Å². The van der Waals surface area contributed by atoms with E-state index in [2.05, 4.69) is 0 Å². The normalized spacial score (nSPS) is 30.8. The molecule has 0 radical (unpaired) electrons. The Bertz CT molecular complexity index is 290. The molecule has 1 amide bonds. The Morgan fingerprint density at radius 3 is 2.88 bits per heavy atom. The largest absolute Gasteiger partial charge is 0.481 e. The van der Waals surface area contributed by atoms with Gasteiger partial charge in [-0.05, 0) is 25.2 Å². The summed E-state index contributed by atoms with van der Waals surface area (Å²) < 4.78 is 0. The van der Waals surface area contributed by atoms with E-state index in [1.54, 1.807) is 0 Å². The summed E-state index contributed by atoms with van der Waals surface area (Å²) in [5.41, 5.74) is 0. The monoisotopic (exact) mass is 225 g/mol. The number of hydrogen-bond acceptors (Lipinski definition) is 2. The van der Waals surface area contributed by atoms with E-state index >= 15 is 0 Å². The number of carbonyl (C=O) groups excluding carboxylic acids is 1. The molecule has 2 rings (SSSR count). The van der Waals surface area contributed by atoms with Crippen molar-refractivity contribution in [1.29, 1.82) is 0 Å². The lowest BCUT2D eigenvalue weighted by Gasteiger charge is -2.39. The fourth-order valence-electron chi connectivity index (χ4n) is 3.04.